The molecule has 0 spiro atoms. The van der Waals surface area contributed by atoms with Crippen molar-refractivity contribution in [3.63, 3.8) is 0 Å². The predicted molar refractivity (Wildman–Crippen MR) is 74.2 cm³/mol. The normalized spacial score (nSPS) is 19.7. The Morgan fingerprint density at radius 1 is 1.37 bits per heavy atom. The largest absolute Gasteiger partial charge is 0.371 e. The van der Waals surface area contributed by atoms with Gasteiger partial charge in [0, 0.05) is 5.69 Å². The highest BCUT2D eigenvalue weighted by Gasteiger charge is 2.40. The first-order valence-corrected chi connectivity index (χ1v) is 6.86. The Bertz CT molecular complexity index is 457. The van der Waals surface area contributed by atoms with E-state index in [1.165, 1.54) is 18.6 Å². The van der Waals surface area contributed by atoms with Gasteiger partial charge in [-0.1, -0.05) is 25.3 Å². The summed E-state index contributed by atoms with van der Waals surface area (Å²) < 4.78 is 13.2. The van der Waals surface area contributed by atoms with Crippen molar-refractivity contribution in [3.8, 4) is 0 Å². The van der Waals surface area contributed by atoms with Gasteiger partial charge in [-0.05, 0) is 43.9 Å². The van der Waals surface area contributed by atoms with Crippen molar-refractivity contribution in [3.05, 3.63) is 30.1 Å². The maximum absolute atomic E-state index is 13.2. The molecule has 1 saturated carbocycles. The molecule has 3 nitrogen and oxygen atoms in total. The van der Waals surface area contributed by atoms with Crippen molar-refractivity contribution < 1.29 is 9.18 Å². The Morgan fingerprint density at radius 2 is 2.05 bits per heavy atom. The molecular weight excluding hydrogens is 243 g/mol. The number of primary amides is 1. The van der Waals surface area contributed by atoms with Gasteiger partial charge in [0.15, 0.2) is 0 Å². The summed E-state index contributed by atoms with van der Waals surface area (Å²) in [6, 6.07) is 6.16. The fraction of sp³-hybridized carbons (Fsp3) is 0.533. The Labute approximate surface area is 113 Å². The molecule has 0 aliphatic heterocycles. The van der Waals surface area contributed by atoms with Crippen LogP contribution in [-0.4, -0.2) is 11.4 Å². The van der Waals surface area contributed by atoms with Crippen LogP contribution in [0.15, 0.2) is 24.3 Å². The molecule has 1 aromatic rings. The van der Waals surface area contributed by atoms with Crippen molar-refractivity contribution in [1.29, 1.82) is 0 Å². The van der Waals surface area contributed by atoms with Crippen molar-refractivity contribution in [1.82, 2.24) is 0 Å². The summed E-state index contributed by atoms with van der Waals surface area (Å²) in [6.07, 6.45) is 5.44. The number of carbonyl (C=O) groups is 1. The second-order valence-electron chi connectivity index (χ2n) is 5.54. The van der Waals surface area contributed by atoms with Gasteiger partial charge in [0.25, 0.3) is 0 Å². The number of halogens is 1. The summed E-state index contributed by atoms with van der Waals surface area (Å²) in [4.78, 5) is 11.9. The average molecular weight is 264 g/mol. The molecule has 2 rings (SSSR count). The Kier molecular flexibility index (Phi) is 4.08. The number of hydrogen-bond acceptors (Lipinski definition) is 2. The predicted octanol–water partition coefficient (Wildman–Crippen LogP) is 3.06. The topological polar surface area (TPSA) is 55.1 Å². The van der Waals surface area contributed by atoms with Gasteiger partial charge in [-0.25, -0.2) is 4.39 Å². The van der Waals surface area contributed by atoms with Gasteiger partial charge >= 0.3 is 0 Å². The van der Waals surface area contributed by atoms with Crippen LogP contribution in [0.2, 0.25) is 0 Å². The Hall–Kier alpha value is -1.58. The highest BCUT2D eigenvalue weighted by atomic mass is 19.1. The number of carbonyl (C=O) groups excluding carboxylic acids is 1. The van der Waals surface area contributed by atoms with Crippen LogP contribution in [0, 0.1) is 11.7 Å². The molecule has 4 heteroatoms. The van der Waals surface area contributed by atoms with Crippen molar-refractivity contribution in [2.24, 2.45) is 11.7 Å². The fourth-order valence-corrected chi connectivity index (χ4v) is 2.91. The van der Waals surface area contributed by atoms with Gasteiger partial charge in [0.2, 0.25) is 5.91 Å². The van der Waals surface area contributed by atoms with E-state index < -0.39 is 5.54 Å². The summed E-state index contributed by atoms with van der Waals surface area (Å²) in [5, 5.41) is 3.15. The van der Waals surface area contributed by atoms with E-state index in [0.717, 1.165) is 25.7 Å². The molecule has 1 aliphatic carbocycles. The molecule has 1 aromatic carbocycles. The maximum Gasteiger partial charge on any atom is 0.243 e. The van der Waals surface area contributed by atoms with E-state index in [-0.39, 0.29) is 17.6 Å². The molecular formula is C15H21FN2O. The monoisotopic (exact) mass is 264 g/mol. The maximum atomic E-state index is 13.2. The van der Waals surface area contributed by atoms with Crippen LogP contribution in [-0.2, 0) is 4.79 Å². The zero-order valence-corrected chi connectivity index (χ0v) is 11.3. The number of nitrogens with two attached hydrogens (primary N) is 1. The lowest BCUT2D eigenvalue weighted by atomic mass is 9.75. The first-order valence-electron chi connectivity index (χ1n) is 6.86. The molecule has 19 heavy (non-hydrogen) atoms. The SMILES string of the molecule is CC(Nc1cccc(F)c1)(C(N)=O)C1CCCCC1. The second kappa shape index (κ2) is 5.59. The number of amides is 1. The third-order valence-electron chi connectivity index (χ3n) is 4.16. The molecule has 1 fully saturated rings. The zero-order chi connectivity index (χ0) is 13.9. The number of anilines is 1. The molecule has 104 valence electrons. The molecule has 1 amide bonds. The molecule has 0 heterocycles. The number of hydrogen-bond donors (Lipinski definition) is 2. The standard InChI is InChI=1S/C15H21FN2O/c1-15(14(17)19,11-6-3-2-4-7-11)18-13-9-5-8-12(16)10-13/h5,8-11,18H,2-4,6-7H2,1H3,(H2,17,19). The summed E-state index contributed by atoms with van der Waals surface area (Å²) >= 11 is 0. The molecule has 1 unspecified atom stereocenters. The van der Waals surface area contributed by atoms with Crippen LogP contribution in [0.25, 0.3) is 0 Å². The van der Waals surface area contributed by atoms with Gasteiger partial charge in [0.1, 0.15) is 11.4 Å². The molecule has 1 atom stereocenters. The number of benzene rings is 1. The van der Waals surface area contributed by atoms with Crippen LogP contribution in [0.1, 0.15) is 39.0 Å². The molecule has 0 bridgehead atoms. The van der Waals surface area contributed by atoms with E-state index in [9.17, 15) is 9.18 Å². The van der Waals surface area contributed by atoms with E-state index in [1.54, 1.807) is 12.1 Å². The van der Waals surface area contributed by atoms with Crippen LogP contribution in [0.3, 0.4) is 0 Å². The van der Waals surface area contributed by atoms with Crippen LogP contribution in [0.5, 0.6) is 0 Å². The quantitative estimate of drug-likeness (QED) is 0.878. The van der Waals surface area contributed by atoms with E-state index in [2.05, 4.69) is 5.32 Å². The summed E-state index contributed by atoms with van der Waals surface area (Å²) in [5.74, 6) is -0.480. The Balaban J connectivity index is 2.21. The first-order chi connectivity index (χ1) is 9.02. The average Bonchev–Trinajstić information content (AvgIpc) is 2.39. The van der Waals surface area contributed by atoms with Crippen molar-refractivity contribution in [2.45, 2.75) is 44.6 Å². The third kappa shape index (κ3) is 3.06. The highest BCUT2D eigenvalue weighted by Crippen LogP contribution is 2.34. The van der Waals surface area contributed by atoms with Crippen molar-refractivity contribution in [2.75, 3.05) is 5.32 Å². The van der Waals surface area contributed by atoms with Gasteiger partial charge in [-0.3, -0.25) is 4.79 Å². The zero-order valence-electron chi connectivity index (χ0n) is 11.3. The van der Waals surface area contributed by atoms with E-state index in [0.29, 0.717) is 5.69 Å². The van der Waals surface area contributed by atoms with Crippen LogP contribution in [0.4, 0.5) is 10.1 Å². The minimum absolute atomic E-state index is 0.210. The van der Waals surface area contributed by atoms with E-state index in [4.69, 9.17) is 5.73 Å². The van der Waals surface area contributed by atoms with E-state index in [1.807, 2.05) is 6.92 Å². The summed E-state index contributed by atoms with van der Waals surface area (Å²) in [7, 11) is 0. The molecule has 0 saturated heterocycles. The second-order valence-corrected chi connectivity index (χ2v) is 5.54. The summed E-state index contributed by atoms with van der Waals surface area (Å²) in [5.41, 5.74) is 5.38. The Morgan fingerprint density at radius 3 is 2.63 bits per heavy atom. The third-order valence-corrected chi connectivity index (χ3v) is 4.16. The lowest BCUT2D eigenvalue weighted by Gasteiger charge is -2.38. The molecule has 3 N–H and O–H groups in total. The molecule has 0 aromatic heterocycles. The fourth-order valence-electron chi connectivity index (χ4n) is 2.91. The van der Waals surface area contributed by atoms with Crippen LogP contribution >= 0.6 is 0 Å². The van der Waals surface area contributed by atoms with Gasteiger partial charge in [0.05, 0.1) is 0 Å². The number of rotatable bonds is 4. The van der Waals surface area contributed by atoms with Gasteiger partial charge in [-0.15, -0.1) is 0 Å². The lowest BCUT2D eigenvalue weighted by Crippen LogP contribution is -2.54. The van der Waals surface area contributed by atoms with Gasteiger partial charge < -0.3 is 11.1 Å². The minimum Gasteiger partial charge on any atom is -0.371 e. The van der Waals surface area contributed by atoms with E-state index >= 15 is 0 Å². The lowest BCUT2D eigenvalue weighted by molar-refractivity contribution is -0.123. The molecule has 0 radical (unpaired) electrons. The first kappa shape index (κ1) is 13.8. The van der Waals surface area contributed by atoms with Crippen molar-refractivity contribution >= 4 is 11.6 Å². The smallest absolute Gasteiger partial charge is 0.243 e. The van der Waals surface area contributed by atoms with Crippen LogP contribution < -0.4 is 11.1 Å². The highest BCUT2D eigenvalue weighted by molar-refractivity contribution is 5.88. The van der Waals surface area contributed by atoms with Gasteiger partial charge in [-0.2, -0.15) is 0 Å². The minimum atomic E-state index is -0.811. The summed E-state index contributed by atoms with van der Waals surface area (Å²) in [6.45, 7) is 1.83. The number of nitrogens with one attached hydrogen (secondary N) is 1. The molecule has 1 aliphatic rings.